The molecular weight excluding hydrogens is 474 g/mol. The minimum Gasteiger partial charge on any atom is -0.459 e. The number of amides is 2. The lowest BCUT2D eigenvalue weighted by Gasteiger charge is -2.10. The molecule has 0 aliphatic heterocycles. The molecule has 178 valence electrons. The molecule has 36 heavy (non-hydrogen) atoms. The van der Waals surface area contributed by atoms with Gasteiger partial charge >= 0.3 is 0 Å². The zero-order chi connectivity index (χ0) is 24.7. The number of nitrogens with zero attached hydrogens (tertiary/aromatic N) is 3. The van der Waals surface area contributed by atoms with E-state index in [1.165, 1.54) is 18.0 Å². The van der Waals surface area contributed by atoms with Crippen molar-refractivity contribution in [3.8, 4) is 17.1 Å². The van der Waals surface area contributed by atoms with Crippen LogP contribution in [0.25, 0.3) is 17.1 Å². The van der Waals surface area contributed by atoms with Gasteiger partial charge in [-0.1, -0.05) is 60.3 Å². The standard InChI is InChI=1S/C27H21N5O3S/c33-24(28-20-13-15-21(16-14-20)29-26(34)23-12-7-17-35-23)18-36-27-31-30-25(19-8-3-1-4-9-19)32(27)22-10-5-2-6-11-22/h1-17H,18H2,(H,28,33)(H,29,34). The fourth-order valence-corrected chi connectivity index (χ4v) is 4.26. The first-order valence-electron chi connectivity index (χ1n) is 11.1. The predicted octanol–water partition coefficient (Wildman–Crippen LogP) is 5.51. The van der Waals surface area contributed by atoms with E-state index in [0.717, 1.165) is 11.3 Å². The summed E-state index contributed by atoms with van der Waals surface area (Å²) in [6.07, 6.45) is 1.44. The van der Waals surface area contributed by atoms with Gasteiger partial charge in [-0.15, -0.1) is 10.2 Å². The van der Waals surface area contributed by atoms with Crippen molar-refractivity contribution in [1.29, 1.82) is 0 Å². The highest BCUT2D eigenvalue weighted by Crippen LogP contribution is 2.28. The minimum absolute atomic E-state index is 0.150. The molecule has 5 rings (SSSR count). The number of carbonyl (C=O) groups is 2. The van der Waals surface area contributed by atoms with E-state index in [1.54, 1.807) is 36.4 Å². The molecule has 8 nitrogen and oxygen atoms in total. The maximum atomic E-state index is 12.7. The van der Waals surface area contributed by atoms with Crippen LogP contribution in [0, 0.1) is 0 Å². The molecule has 2 N–H and O–H groups in total. The number of benzene rings is 3. The quantitative estimate of drug-likeness (QED) is 0.275. The summed E-state index contributed by atoms with van der Waals surface area (Å²) in [5, 5.41) is 15.0. The molecule has 3 aromatic carbocycles. The molecule has 2 amide bonds. The molecular formula is C27H21N5O3S. The van der Waals surface area contributed by atoms with E-state index in [4.69, 9.17) is 4.42 Å². The van der Waals surface area contributed by atoms with E-state index >= 15 is 0 Å². The molecule has 0 bridgehead atoms. The van der Waals surface area contributed by atoms with E-state index in [2.05, 4.69) is 20.8 Å². The lowest BCUT2D eigenvalue weighted by atomic mass is 10.2. The Morgan fingerprint density at radius 1 is 0.778 bits per heavy atom. The first-order valence-corrected chi connectivity index (χ1v) is 12.1. The Morgan fingerprint density at radius 3 is 2.11 bits per heavy atom. The highest BCUT2D eigenvalue weighted by Gasteiger charge is 2.17. The molecule has 5 aromatic rings. The van der Waals surface area contributed by atoms with E-state index in [1.807, 2.05) is 65.2 Å². The highest BCUT2D eigenvalue weighted by molar-refractivity contribution is 7.99. The number of hydrogen-bond acceptors (Lipinski definition) is 6. The number of thioether (sulfide) groups is 1. The summed E-state index contributed by atoms with van der Waals surface area (Å²) < 4.78 is 7.04. The first kappa shape index (κ1) is 23.1. The number of carbonyl (C=O) groups excluding carboxylic acids is 2. The van der Waals surface area contributed by atoms with E-state index in [9.17, 15) is 9.59 Å². The lowest BCUT2D eigenvalue weighted by Crippen LogP contribution is -2.15. The maximum Gasteiger partial charge on any atom is 0.291 e. The van der Waals surface area contributed by atoms with Gasteiger partial charge in [0.05, 0.1) is 12.0 Å². The lowest BCUT2D eigenvalue weighted by molar-refractivity contribution is -0.113. The van der Waals surface area contributed by atoms with Crippen LogP contribution in [0.1, 0.15) is 10.6 Å². The summed E-state index contributed by atoms with van der Waals surface area (Å²) in [5.41, 5.74) is 3.06. The van der Waals surface area contributed by atoms with E-state index in [0.29, 0.717) is 22.4 Å². The van der Waals surface area contributed by atoms with Crippen molar-refractivity contribution >= 4 is 35.0 Å². The van der Waals surface area contributed by atoms with Crippen molar-refractivity contribution in [2.75, 3.05) is 16.4 Å². The zero-order valence-corrected chi connectivity index (χ0v) is 19.8. The van der Waals surface area contributed by atoms with Crippen LogP contribution in [-0.4, -0.2) is 32.3 Å². The van der Waals surface area contributed by atoms with Crippen molar-refractivity contribution in [3.05, 3.63) is 109 Å². The number of rotatable bonds is 8. The van der Waals surface area contributed by atoms with Crippen molar-refractivity contribution in [3.63, 3.8) is 0 Å². The number of para-hydroxylation sites is 1. The molecule has 0 atom stereocenters. The number of hydrogen-bond donors (Lipinski definition) is 2. The molecule has 0 saturated heterocycles. The Balaban J connectivity index is 1.25. The average molecular weight is 496 g/mol. The smallest absolute Gasteiger partial charge is 0.291 e. The average Bonchev–Trinajstić information content (AvgIpc) is 3.60. The molecule has 0 fully saturated rings. The molecule has 0 radical (unpaired) electrons. The van der Waals surface area contributed by atoms with Crippen molar-refractivity contribution in [1.82, 2.24) is 14.8 Å². The van der Waals surface area contributed by atoms with Gasteiger partial charge in [0, 0.05) is 22.6 Å². The number of anilines is 2. The van der Waals surface area contributed by atoms with E-state index < -0.39 is 0 Å². The third-order valence-corrected chi connectivity index (χ3v) is 6.11. The highest BCUT2D eigenvalue weighted by atomic mass is 32.2. The van der Waals surface area contributed by atoms with Crippen molar-refractivity contribution in [2.24, 2.45) is 0 Å². The first-order chi connectivity index (χ1) is 17.7. The fourth-order valence-electron chi connectivity index (χ4n) is 3.51. The number of furan rings is 1. The van der Waals surface area contributed by atoms with Gasteiger partial charge < -0.3 is 15.1 Å². The summed E-state index contributed by atoms with van der Waals surface area (Å²) in [7, 11) is 0. The van der Waals surface area contributed by atoms with Crippen LogP contribution in [0.15, 0.2) is 113 Å². The number of aromatic nitrogens is 3. The summed E-state index contributed by atoms with van der Waals surface area (Å²) in [6, 6.07) is 29.7. The van der Waals surface area contributed by atoms with Gasteiger partial charge in [-0.25, -0.2) is 0 Å². The van der Waals surface area contributed by atoms with Gasteiger partial charge in [-0.2, -0.15) is 0 Å². The Labute approximate surface area is 211 Å². The van der Waals surface area contributed by atoms with Gasteiger partial charge in [-0.05, 0) is 48.5 Å². The fraction of sp³-hybridized carbons (Fsp3) is 0.0370. The Kier molecular flexibility index (Phi) is 6.90. The molecule has 9 heteroatoms. The van der Waals surface area contributed by atoms with Gasteiger partial charge in [-0.3, -0.25) is 14.2 Å². The van der Waals surface area contributed by atoms with Gasteiger partial charge in [0.15, 0.2) is 16.7 Å². The summed E-state index contributed by atoms with van der Waals surface area (Å²) in [6.45, 7) is 0. The van der Waals surface area contributed by atoms with Crippen LogP contribution in [0.5, 0.6) is 0 Å². The summed E-state index contributed by atoms with van der Waals surface area (Å²) in [4.78, 5) is 24.7. The van der Waals surface area contributed by atoms with Crippen LogP contribution >= 0.6 is 11.8 Å². The topological polar surface area (TPSA) is 102 Å². The SMILES string of the molecule is O=C(CSc1nnc(-c2ccccc2)n1-c1ccccc1)Nc1ccc(NC(=O)c2ccco2)cc1. The third-order valence-electron chi connectivity index (χ3n) is 5.18. The number of nitrogens with one attached hydrogen (secondary N) is 2. The zero-order valence-electron chi connectivity index (χ0n) is 19.0. The Hall–Kier alpha value is -4.63. The molecule has 0 aliphatic rings. The normalized spacial score (nSPS) is 10.7. The van der Waals surface area contributed by atoms with Crippen LogP contribution in [0.2, 0.25) is 0 Å². The van der Waals surface area contributed by atoms with Crippen LogP contribution < -0.4 is 10.6 Å². The van der Waals surface area contributed by atoms with Crippen molar-refractivity contribution < 1.29 is 14.0 Å². The van der Waals surface area contributed by atoms with E-state index in [-0.39, 0.29) is 23.3 Å². The molecule has 0 saturated carbocycles. The van der Waals surface area contributed by atoms with Gasteiger partial charge in [0.25, 0.3) is 5.91 Å². The second-order valence-electron chi connectivity index (χ2n) is 7.69. The molecule has 0 aliphatic carbocycles. The molecule has 2 aromatic heterocycles. The van der Waals surface area contributed by atoms with Crippen LogP contribution in [-0.2, 0) is 4.79 Å². The summed E-state index contributed by atoms with van der Waals surface area (Å²) >= 11 is 1.30. The Morgan fingerprint density at radius 2 is 1.44 bits per heavy atom. The Bertz CT molecular complexity index is 1450. The second-order valence-corrected chi connectivity index (χ2v) is 8.63. The molecule has 0 spiro atoms. The monoisotopic (exact) mass is 495 g/mol. The van der Waals surface area contributed by atoms with Crippen LogP contribution in [0.4, 0.5) is 11.4 Å². The maximum absolute atomic E-state index is 12.7. The minimum atomic E-state index is -0.342. The van der Waals surface area contributed by atoms with Gasteiger partial charge in [0.1, 0.15) is 0 Å². The summed E-state index contributed by atoms with van der Waals surface area (Å²) in [5.74, 6) is 0.554. The second kappa shape index (κ2) is 10.7. The van der Waals surface area contributed by atoms with Crippen LogP contribution in [0.3, 0.4) is 0 Å². The molecule has 2 heterocycles. The molecule has 0 unspecified atom stereocenters. The van der Waals surface area contributed by atoms with Crippen molar-refractivity contribution in [2.45, 2.75) is 5.16 Å². The largest absolute Gasteiger partial charge is 0.459 e. The van der Waals surface area contributed by atoms with Gasteiger partial charge in [0.2, 0.25) is 5.91 Å². The predicted molar refractivity (Wildman–Crippen MR) is 139 cm³/mol. The third kappa shape index (κ3) is 5.37.